The van der Waals surface area contributed by atoms with Crippen LogP contribution in [0.1, 0.15) is 37.3 Å². The zero-order valence-electron chi connectivity index (χ0n) is 13.2. The molecule has 4 heteroatoms. The molecule has 1 aliphatic heterocycles. The van der Waals surface area contributed by atoms with Crippen molar-refractivity contribution in [1.82, 2.24) is 9.80 Å². The standard InChI is InChI=1S/C17H27N3O/c1-19-12-10-15(11-13-19)20(2)17(21)9-8-16(18)14-6-4-3-5-7-14/h3-7,15-16H,8-13,18H2,1-2H3. The second-order valence-corrected chi connectivity index (χ2v) is 6.09. The van der Waals surface area contributed by atoms with Gasteiger partial charge in [-0.3, -0.25) is 4.79 Å². The summed E-state index contributed by atoms with van der Waals surface area (Å²) in [7, 11) is 4.07. The number of amides is 1. The van der Waals surface area contributed by atoms with Crippen LogP contribution in [0, 0.1) is 0 Å². The number of piperidine rings is 1. The third-order valence-electron chi connectivity index (χ3n) is 4.53. The van der Waals surface area contributed by atoms with Crippen LogP contribution in [0.25, 0.3) is 0 Å². The van der Waals surface area contributed by atoms with Gasteiger partial charge in [0.2, 0.25) is 5.91 Å². The highest BCUT2D eigenvalue weighted by atomic mass is 16.2. The van der Waals surface area contributed by atoms with Gasteiger partial charge in [0.05, 0.1) is 0 Å². The first-order chi connectivity index (χ1) is 10.1. The lowest BCUT2D eigenvalue weighted by Gasteiger charge is -2.35. The van der Waals surface area contributed by atoms with E-state index in [0.717, 1.165) is 31.5 Å². The minimum Gasteiger partial charge on any atom is -0.343 e. The van der Waals surface area contributed by atoms with Crippen molar-refractivity contribution in [1.29, 1.82) is 0 Å². The maximum atomic E-state index is 12.3. The van der Waals surface area contributed by atoms with E-state index in [4.69, 9.17) is 5.73 Å². The van der Waals surface area contributed by atoms with E-state index < -0.39 is 0 Å². The number of benzene rings is 1. The smallest absolute Gasteiger partial charge is 0.222 e. The first-order valence-electron chi connectivity index (χ1n) is 7.82. The first kappa shape index (κ1) is 16.0. The molecule has 0 saturated carbocycles. The fourth-order valence-electron chi connectivity index (χ4n) is 2.91. The van der Waals surface area contributed by atoms with Gasteiger partial charge in [-0.15, -0.1) is 0 Å². The molecule has 2 rings (SSSR count). The Kier molecular flexibility index (Phi) is 5.76. The number of carbonyl (C=O) groups excluding carboxylic acids is 1. The molecule has 2 N–H and O–H groups in total. The predicted molar refractivity (Wildman–Crippen MR) is 85.9 cm³/mol. The highest BCUT2D eigenvalue weighted by Crippen LogP contribution is 2.18. The molecule has 0 spiro atoms. The van der Waals surface area contributed by atoms with Gasteiger partial charge in [0, 0.05) is 25.6 Å². The minimum absolute atomic E-state index is 0.0546. The molecule has 4 nitrogen and oxygen atoms in total. The summed E-state index contributed by atoms with van der Waals surface area (Å²) in [6, 6.07) is 10.3. The van der Waals surface area contributed by atoms with Crippen LogP contribution in [0.4, 0.5) is 0 Å². The summed E-state index contributed by atoms with van der Waals surface area (Å²) in [6.07, 6.45) is 3.38. The lowest BCUT2D eigenvalue weighted by Crippen LogP contribution is -2.44. The maximum absolute atomic E-state index is 12.3. The fraction of sp³-hybridized carbons (Fsp3) is 0.588. The monoisotopic (exact) mass is 289 g/mol. The van der Waals surface area contributed by atoms with Crippen molar-refractivity contribution in [3.63, 3.8) is 0 Å². The molecule has 1 amide bonds. The summed E-state index contributed by atoms with van der Waals surface area (Å²) in [5.74, 6) is 0.218. The molecule has 1 unspecified atom stereocenters. The van der Waals surface area contributed by atoms with Gasteiger partial charge in [0.15, 0.2) is 0 Å². The number of nitrogens with zero attached hydrogens (tertiary/aromatic N) is 2. The SMILES string of the molecule is CN1CCC(N(C)C(=O)CCC(N)c2ccccc2)CC1. The van der Waals surface area contributed by atoms with Crippen molar-refractivity contribution < 1.29 is 4.79 Å². The van der Waals surface area contributed by atoms with Gasteiger partial charge in [-0.2, -0.15) is 0 Å². The molecule has 116 valence electrons. The molecule has 21 heavy (non-hydrogen) atoms. The van der Waals surface area contributed by atoms with Crippen molar-refractivity contribution in [2.24, 2.45) is 5.73 Å². The average Bonchev–Trinajstić information content (AvgIpc) is 2.53. The van der Waals surface area contributed by atoms with E-state index in [-0.39, 0.29) is 11.9 Å². The molecule has 0 radical (unpaired) electrons. The van der Waals surface area contributed by atoms with Crippen LogP contribution in [-0.4, -0.2) is 48.9 Å². The van der Waals surface area contributed by atoms with Gasteiger partial charge < -0.3 is 15.5 Å². The van der Waals surface area contributed by atoms with Gasteiger partial charge in [0.25, 0.3) is 0 Å². The molecule has 1 heterocycles. The van der Waals surface area contributed by atoms with E-state index in [2.05, 4.69) is 11.9 Å². The molecule has 0 aromatic heterocycles. The van der Waals surface area contributed by atoms with Crippen LogP contribution >= 0.6 is 0 Å². The van der Waals surface area contributed by atoms with Crippen molar-refractivity contribution in [3.05, 3.63) is 35.9 Å². The summed E-state index contributed by atoms with van der Waals surface area (Å²) >= 11 is 0. The predicted octanol–water partition coefficient (Wildman–Crippen LogP) is 2.02. The van der Waals surface area contributed by atoms with E-state index in [9.17, 15) is 4.79 Å². The molecule has 1 aliphatic rings. The normalized spacial score (nSPS) is 18.4. The van der Waals surface area contributed by atoms with E-state index in [1.807, 2.05) is 42.3 Å². The van der Waals surface area contributed by atoms with Gasteiger partial charge in [-0.05, 0) is 45.0 Å². The van der Waals surface area contributed by atoms with E-state index in [0.29, 0.717) is 18.9 Å². The summed E-state index contributed by atoms with van der Waals surface area (Å²) in [5.41, 5.74) is 7.27. The van der Waals surface area contributed by atoms with Crippen LogP contribution in [-0.2, 0) is 4.79 Å². The quantitative estimate of drug-likeness (QED) is 0.902. The molecule has 1 aromatic carbocycles. The maximum Gasteiger partial charge on any atom is 0.222 e. The van der Waals surface area contributed by atoms with Gasteiger partial charge >= 0.3 is 0 Å². The Morgan fingerprint density at radius 3 is 2.57 bits per heavy atom. The Bertz CT molecular complexity index is 441. The summed E-state index contributed by atoms with van der Waals surface area (Å²) in [5, 5.41) is 0. The number of likely N-dealkylation sites (tertiary alicyclic amines) is 1. The van der Waals surface area contributed by atoms with Crippen molar-refractivity contribution >= 4 is 5.91 Å². The Labute approximate surface area is 127 Å². The number of carbonyl (C=O) groups is 1. The second-order valence-electron chi connectivity index (χ2n) is 6.09. The number of nitrogens with two attached hydrogens (primary N) is 1. The lowest BCUT2D eigenvalue weighted by molar-refractivity contribution is -0.133. The minimum atomic E-state index is -0.0546. The number of hydrogen-bond acceptors (Lipinski definition) is 3. The topological polar surface area (TPSA) is 49.6 Å². The summed E-state index contributed by atoms with van der Waals surface area (Å²) in [4.78, 5) is 16.6. The van der Waals surface area contributed by atoms with Crippen molar-refractivity contribution in [2.75, 3.05) is 27.2 Å². The van der Waals surface area contributed by atoms with Crippen LogP contribution in [0.15, 0.2) is 30.3 Å². The number of hydrogen-bond donors (Lipinski definition) is 1. The number of rotatable bonds is 5. The molecule has 1 aromatic rings. The third-order valence-corrected chi connectivity index (χ3v) is 4.53. The van der Waals surface area contributed by atoms with E-state index in [1.54, 1.807) is 0 Å². The van der Waals surface area contributed by atoms with Gasteiger partial charge in [-0.1, -0.05) is 30.3 Å². The average molecular weight is 289 g/mol. The summed E-state index contributed by atoms with van der Waals surface area (Å²) in [6.45, 7) is 2.15. The van der Waals surface area contributed by atoms with Gasteiger partial charge in [-0.25, -0.2) is 0 Å². The summed E-state index contributed by atoms with van der Waals surface area (Å²) < 4.78 is 0. The van der Waals surface area contributed by atoms with Gasteiger partial charge in [0.1, 0.15) is 0 Å². The molecule has 0 bridgehead atoms. The van der Waals surface area contributed by atoms with Crippen molar-refractivity contribution in [3.8, 4) is 0 Å². The Morgan fingerprint density at radius 2 is 1.95 bits per heavy atom. The molecular formula is C17H27N3O. The molecular weight excluding hydrogens is 262 g/mol. The van der Waals surface area contributed by atoms with E-state index >= 15 is 0 Å². The largest absolute Gasteiger partial charge is 0.343 e. The Morgan fingerprint density at radius 1 is 1.33 bits per heavy atom. The highest BCUT2D eigenvalue weighted by Gasteiger charge is 2.24. The molecule has 0 aliphatic carbocycles. The first-order valence-corrected chi connectivity index (χ1v) is 7.82. The Hall–Kier alpha value is -1.39. The molecule has 1 saturated heterocycles. The lowest BCUT2D eigenvalue weighted by atomic mass is 10.0. The van der Waals surface area contributed by atoms with Crippen LogP contribution in [0.2, 0.25) is 0 Å². The zero-order valence-corrected chi connectivity index (χ0v) is 13.2. The molecule has 1 fully saturated rings. The van der Waals surface area contributed by atoms with Crippen LogP contribution in [0.5, 0.6) is 0 Å². The van der Waals surface area contributed by atoms with Crippen LogP contribution in [0.3, 0.4) is 0 Å². The van der Waals surface area contributed by atoms with Crippen LogP contribution < -0.4 is 5.73 Å². The highest BCUT2D eigenvalue weighted by molar-refractivity contribution is 5.76. The molecule has 1 atom stereocenters. The van der Waals surface area contributed by atoms with E-state index in [1.165, 1.54) is 0 Å². The third kappa shape index (κ3) is 4.55. The zero-order chi connectivity index (χ0) is 15.2. The van der Waals surface area contributed by atoms with Crippen molar-refractivity contribution in [2.45, 2.75) is 37.8 Å². The second kappa shape index (κ2) is 7.57. The fourth-order valence-corrected chi connectivity index (χ4v) is 2.91. The Balaban J connectivity index is 1.78.